The van der Waals surface area contributed by atoms with Gasteiger partial charge in [-0.1, -0.05) is 91.0 Å². The first-order valence-corrected chi connectivity index (χ1v) is 9.89. The molecule has 0 saturated heterocycles. The summed E-state index contributed by atoms with van der Waals surface area (Å²) in [7, 11) is 0. The average molecular weight is 372 g/mol. The van der Waals surface area contributed by atoms with Crippen molar-refractivity contribution in [1.82, 2.24) is 4.90 Å². The molecule has 0 N–H and O–H groups in total. The maximum Gasteiger partial charge on any atom is 0.224 e. The molecular formula is C26H29NO. The largest absolute Gasteiger partial charge is 0.334 e. The molecule has 0 aliphatic rings. The van der Waals surface area contributed by atoms with Gasteiger partial charge in [-0.05, 0) is 37.5 Å². The second kappa shape index (κ2) is 8.88. The molecule has 144 valence electrons. The second-order valence-electron chi connectivity index (χ2n) is 8.21. The Bertz CT molecular complexity index is 827. The number of rotatable bonds is 6. The summed E-state index contributed by atoms with van der Waals surface area (Å²) >= 11 is 0. The van der Waals surface area contributed by atoms with Crippen LogP contribution in [0.5, 0.6) is 0 Å². The lowest BCUT2D eigenvalue weighted by molar-refractivity contribution is -0.137. The van der Waals surface area contributed by atoms with Gasteiger partial charge in [0.1, 0.15) is 0 Å². The van der Waals surface area contributed by atoms with Gasteiger partial charge in [-0.3, -0.25) is 4.79 Å². The monoisotopic (exact) mass is 371 g/mol. The van der Waals surface area contributed by atoms with Crippen LogP contribution in [0.2, 0.25) is 0 Å². The Labute approximate surface area is 168 Å². The van der Waals surface area contributed by atoms with E-state index in [1.807, 2.05) is 59.5 Å². The van der Waals surface area contributed by atoms with Crippen LogP contribution in [-0.4, -0.2) is 16.3 Å². The van der Waals surface area contributed by atoms with Crippen molar-refractivity contribution >= 4 is 5.91 Å². The molecule has 3 aromatic rings. The van der Waals surface area contributed by atoms with Gasteiger partial charge < -0.3 is 4.90 Å². The number of nitrogens with zero attached hydrogens (tertiary/aromatic N) is 1. The summed E-state index contributed by atoms with van der Waals surface area (Å²) in [6.07, 6.45) is 0.456. The topological polar surface area (TPSA) is 20.3 Å². The molecule has 3 rings (SSSR count). The molecule has 28 heavy (non-hydrogen) atoms. The number of hydrogen-bond acceptors (Lipinski definition) is 1. The van der Waals surface area contributed by atoms with Gasteiger partial charge in [0.15, 0.2) is 0 Å². The molecule has 0 heterocycles. The highest BCUT2D eigenvalue weighted by atomic mass is 16.2. The minimum Gasteiger partial charge on any atom is -0.334 e. The summed E-state index contributed by atoms with van der Waals surface area (Å²) < 4.78 is 0. The van der Waals surface area contributed by atoms with E-state index in [2.05, 4.69) is 57.2 Å². The first-order valence-electron chi connectivity index (χ1n) is 9.89. The summed E-state index contributed by atoms with van der Waals surface area (Å²) in [6.45, 7) is 6.94. The van der Waals surface area contributed by atoms with Gasteiger partial charge in [-0.2, -0.15) is 0 Å². The molecular weight excluding hydrogens is 342 g/mol. The van der Waals surface area contributed by atoms with E-state index in [1.54, 1.807) is 0 Å². The molecule has 2 heteroatoms. The van der Waals surface area contributed by atoms with Gasteiger partial charge in [-0.25, -0.2) is 0 Å². The molecule has 0 bridgehead atoms. The highest BCUT2D eigenvalue weighted by Gasteiger charge is 2.29. The smallest absolute Gasteiger partial charge is 0.224 e. The lowest BCUT2D eigenvalue weighted by Crippen LogP contribution is -2.45. The van der Waals surface area contributed by atoms with Crippen molar-refractivity contribution in [3.8, 4) is 0 Å². The highest BCUT2D eigenvalue weighted by Crippen LogP contribution is 2.30. The lowest BCUT2D eigenvalue weighted by atomic mass is 9.87. The third kappa shape index (κ3) is 5.10. The maximum atomic E-state index is 13.5. The third-order valence-electron chi connectivity index (χ3n) is 5.08. The van der Waals surface area contributed by atoms with Gasteiger partial charge in [0, 0.05) is 24.4 Å². The van der Waals surface area contributed by atoms with Gasteiger partial charge in [0.2, 0.25) is 5.91 Å². The van der Waals surface area contributed by atoms with Crippen LogP contribution >= 0.6 is 0 Å². The fourth-order valence-corrected chi connectivity index (χ4v) is 3.55. The maximum absolute atomic E-state index is 13.5. The van der Waals surface area contributed by atoms with Crippen LogP contribution in [0, 0.1) is 0 Å². The fraction of sp³-hybridized carbons (Fsp3) is 0.269. The van der Waals surface area contributed by atoms with E-state index in [4.69, 9.17) is 0 Å². The van der Waals surface area contributed by atoms with Crippen molar-refractivity contribution in [2.45, 2.75) is 45.2 Å². The number of amides is 1. The van der Waals surface area contributed by atoms with Crippen LogP contribution in [-0.2, 0) is 11.3 Å². The summed E-state index contributed by atoms with van der Waals surface area (Å²) in [4.78, 5) is 15.5. The van der Waals surface area contributed by atoms with E-state index in [-0.39, 0.29) is 17.4 Å². The Hall–Kier alpha value is -2.87. The molecule has 0 saturated carbocycles. The Morgan fingerprint density at radius 2 is 1.18 bits per heavy atom. The number of benzene rings is 3. The average Bonchev–Trinajstić information content (AvgIpc) is 2.71. The summed E-state index contributed by atoms with van der Waals surface area (Å²) in [5, 5.41) is 0. The van der Waals surface area contributed by atoms with E-state index < -0.39 is 0 Å². The Kier molecular flexibility index (Phi) is 6.30. The van der Waals surface area contributed by atoms with Crippen LogP contribution < -0.4 is 0 Å². The van der Waals surface area contributed by atoms with E-state index in [0.717, 1.165) is 5.56 Å². The van der Waals surface area contributed by atoms with Gasteiger partial charge in [-0.15, -0.1) is 0 Å². The summed E-state index contributed by atoms with van der Waals surface area (Å²) in [5.41, 5.74) is 3.26. The van der Waals surface area contributed by atoms with Gasteiger partial charge in [0.05, 0.1) is 0 Å². The predicted molar refractivity (Wildman–Crippen MR) is 116 cm³/mol. The molecule has 0 aromatic heterocycles. The predicted octanol–water partition coefficient (Wildman–Crippen LogP) is 6.04. The standard InChI is InChI=1S/C26H29NO/c1-26(2,3)27(20-21-13-7-4-8-14-21)25(28)19-24(22-15-9-5-10-16-22)23-17-11-6-12-18-23/h4-18,24H,19-20H2,1-3H3. The van der Waals surface area contributed by atoms with Crippen molar-refractivity contribution in [3.63, 3.8) is 0 Å². The molecule has 3 aromatic carbocycles. The first kappa shape index (κ1) is 19.9. The molecule has 1 amide bonds. The Morgan fingerprint density at radius 3 is 1.61 bits per heavy atom. The molecule has 0 fully saturated rings. The van der Waals surface area contributed by atoms with Crippen LogP contribution in [0.25, 0.3) is 0 Å². The van der Waals surface area contributed by atoms with Crippen molar-refractivity contribution in [2.24, 2.45) is 0 Å². The van der Waals surface area contributed by atoms with Crippen molar-refractivity contribution < 1.29 is 4.79 Å². The van der Waals surface area contributed by atoms with Crippen LogP contribution in [0.3, 0.4) is 0 Å². The minimum atomic E-state index is -0.245. The van der Waals surface area contributed by atoms with Crippen LogP contribution in [0.4, 0.5) is 0 Å². The van der Waals surface area contributed by atoms with Crippen molar-refractivity contribution in [2.75, 3.05) is 0 Å². The highest BCUT2D eigenvalue weighted by molar-refractivity contribution is 5.78. The fourth-order valence-electron chi connectivity index (χ4n) is 3.55. The second-order valence-corrected chi connectivity index (χ2v) is 8.21. The quantitative estimate of drug-likeness (QED) is 0.517. The molecule has 0 unspecified atom stereocenters. The molecule has 0 atom stereocenters. The van der Waals surface area contributed by atoms with Crippen LogP contribution in [0.1, 0.15) is 49.8 Å². The Morgan fingerprint density at radius 1 is 0.750 bits per heavy atom. The number of carbonyl (C=O) groups is 1. The molecule has 0 aliphatic carbocycles. The Balaban J connectivity index is 1.88. The van der Waals surface area contributed by atoms with Crippen molar-refractivity contribution in [1.29, 1.82) is 0 Å². The normalized spacial score (nSPS) is 11.4. The van der Waals surface area contributed by atoms with E-state index in [1.165, 1.54) is 11.1 Å². The summed E-state index contributed by atoms with van der Waals surface area (Å²) in [6, 6.07) is 30.9. The SMILES string of the molecule is CC(C)(C)N(Cc1ccccc1)C(=O)CC(c1ccccc1)c1ccccc1. The molecule has 0 radical (unpaired) electrons. The van der Waals surface area contributed by atoms with Gasteiger partial charge >= 0.3 is 0 Å². The van der Waals surface area contributed by atoms with E-state index in [9.17, 15) is 4.79 Å². The number of carbonyl (C=O) groups excluding carboxylic acids is 1. The minimum absolute atomic E-state index is 0.0514. The zero-order chi connectivity index (χ0) is 20.0. The van der Waals surface area contributed by atoms with Gasteiger partial charge in [0.25, 0.3) is 0 Å². The van der Waals surface area contributed by atoms with Crippen LogP contribution in [0.15, 0.2) is 91.0 Å². The van der Waals surface area contributed by atoms with E-state index in [0.29, 0.717) is 13.0 Å². The van der Waals surface area contributed by atoms with E-state index >= 15 is 0 Å². The number of hydrogen-bond donors (Lipinski definition) is 0. The third-order valence-corrected chi connectivity index (χ3v) is 5.08. The zero-order valence-electron chi connectivity index (χ0n) is 17.0. The summed E-state index contributed by atoms with van der Waals surface area (Å²) in [5.74, 6) is 0.226. The molecule has 0 spiro atoms. The molecule has 0 aliphatic heterocycles. The zero-order valence-corrected chi connectivity index (χ0v) is 17.0. The van der Waals surface area contributed by atoms with Crippen molar-refractivity contribution in [3.05, 3.63) is 108 Å². The molecule has 2 nitrogen and oxygen atoms in total. The first-order chi connectivity index (χ1) is 13.4. The lowest BCUT2D eigenvalue weighted by Gasteiger charge is -2.37.